The first-order valence-corrected chi connectivity index (χ1v) is 7.12. The summed E-state index contributed by atoms with van der Waals surface area (Å²) in [5.41, 5.74) is 7.96. The zero-order valence-corrected chi connectivity index (χ0v) is 11.0. The van der Waals surface area contributed by atoms with Crippen LogP contribution in [0.3, 0.4) is 0 Å². The molecule has 0 amide bonds. The monoisotopic (exact) mass is 297 g/mol. The predicted octanol–water partition coefficient (Wildman–Crippen LogP) is 1.37. The molecule has 0 saturated heterocycles. The number of halogens is 2. The highest BCUT2D eigenvalue weighted by Crippen LogP contribution is 2.26. The van der Waals surface area contributed by atoms with Crippen molar-refractivity contribution < 1.29 is 23.6 Å². The van der Waals surface area contributed by atoms with E-state index in [9.17, 15) is 4.39 Å². The van der Waals surface area contributed by atoms with E-state index in [0.29, 0.717) is 0 Å². The lowest BCUT2D eigenvalue weighted by Crippen LogP contribution is -2.27. The SMILES string of the molecule is N[C@H]1CCc2cc(F)c(Cl)cc2C1.O=P(O)(O)O. The zero-order valence-electron chi connectivity index (χ0n) is 9.38. The topological polar surface area (TPSA) is 104 Å². The van der Waals surface area contributed by atoms with Crippen LogP contribution < -0.4 is 5.73 Å². The first-order valence-electron chi connectivity index (χ1n) is 5.17. The van der Waals surface area contributed by atoms with Gasteiger partial charge in [-0.3, -0.25) is 0 Å². The first kappa shape index (κ1) is 15.6. The molecule has 0 spiro atoms. The molecule has 1 atom stereocenters. The van der Waals surface area contributed by atoms with Gasteiger partial charge >= 0.3 is 7.82 Å². The Morgan fingerprint density at radius 1 is 1.33 bits per heavy atom. The van der Waals surface area contributed by atoms with E-state index in [0.717, 1.165) is 30.4 Å². The summed E-state index contributed by atoms with van der Waals surface area (Å²) in [4.78, 5) is 21.6. The highest BCUT2D eigenvalue weighted by atomic mass is 35.5. The number of hydrogen-bond donors (Lipinski definition) is 4. The third-order valence-corrected chi connectivity index (χ3v) is 2.80. The van der Waals surface area contributed by atoms with Crippen LogP contribution >= 0.6 is 19.4 Å². The number of fused-ring (bicyclic) bond motifs is 1. The first-order chi connectivity index (χ1) is 8.16. The predicted molar refractivity (Wildman–Crippen MR) is 65.7 cm³/mol. The normalized spacial score (nSPS) is 18.7. The van der Waals surface area contributed by atoms with Crippen molar-refractivity contribution in [3.63, 3.8) is 0 Å². The van der Waals surface area contributed by atoms with E-state index >= 15 is 0 Å². The van der Waals surface area contributed by atoms with Crippen molar-refractivity contribution in [1.29, 1.82) is 0 Å². The second kappa shape index (κ2) is 6.10. The van der Waals surface area contributed by atoms with Crippen molar-refractivity contribution >= 4 is 19.4 Å². The zero-order chi connectivity index (χ0) is 13.9. The fourth-order valence-corrected chi connectivity index (χ4v) is 1.96. The number of aryl methyl sites for hydroxylation is 1. The summed E-state index contributed by atoms with van der Waals surface area (Å²) < 4.78 is 21.9. The molecule has 0 fully saturated rings. The number of nitrogens with two attached hydrogens (primary N) is 1. The maximum absolute atomic E-state index is 13.0. The molecule has 8 heteroatoms. The lowest BCUT2D eigenvalue weighted by molar-refractivity contribution is 0.275. The van der Waals surface area contributed by atoms with Crippen molar-refractivity contribution in [2.75, 3.05) is 0 Å². The van der Waals surface area contributed by atoms with E-state index in [1.807, 2.05) is 0 Å². The van der Waals surface area contributed by atoms with Crippen LogP contribution in [-0.2, 0) is 17.4 Å². The maximum atomic E-state index is 13.0. The minimum Gasteiger partial charge on any atom is -0.327 e. The van der Waals surface area contributed by atoms with Gasteiger partial charge in [0.1, 0.15) is 5.82 Å². The van der Waals surface area contributed by atoms with Gasteiger partial charge in [0, 0.05) is 6.04 Å². The number of hydrogen-bond acceptors (Lipinski definition) is 2. The molecule has 1 aliphatic rings. The molecule has 0 aromatic heterocycles. The van der Waals surface area contributed by atoms with Crippen LogP contribution in [0.2, 0.25) is 5.02 Å². The molecule has 0 aliphatic heterocycles. The summed E-state index contributed by atoms with van der Waals surface area (Å²) in [5.74, 6) is -0.323. The lowest BCUT2D eigenvalue weighted by Gasteiger charge is -2.21. The number of phosphoric acid groups is 1. The van der Waals surface area contributed by atoms with Crippen LogP contribution in [0.1, 0.15) is 17.5 Å². The van der Waals surface area contributed by atoms with Gasteiger partial charge in [-0.05, 0) is 42.5 Å². The van der Waals surface area contributed by atoms with Crippen molar-refractivity contribution in [3.8, 4) is 0 Å². The van der Waals surface area contributed by atoms with E-state index in [-0.39, 0.29) is 16.9 Å². The maximum Gasteiger partial charge on any atom is 0.466 e. The second-order valence-electron chi connectivity index (χ2n) is 4.05. The van der Waals surface area contributed by atoms with E-state index in [4.69, 9.17) is 36.6 Å². The van der Waals surface area contributed by atoms with Gasteiger partial charge in [0.15, 0.2) is 0 Å². The van der Waals surface area contributed by atoms with E-state index < -0.39 is 7.82 Å². The van der Waals surface area contributed by atoms with Crippen LogP contribution in [-0.4, -0.2) is 20.7 Å². The average Bonchev–Trinajstić information content (AvgIpc) is 2.18. The van der Waals surface area contributed by atoms with Crippen LogP contribution in [0.4, 0.5) is 4.39 Å². The molecule has 5 nitrogen and oxygen atoms in total. The van der Waals surface area contributed by atoms with Crippen LogP contribution in [0.25, 0.3) is 0 Å². The summed E-state index contributed by atoms with van der Waals surface area (Å²) in [6.07, 6.45) is 2.62. The molecule has 1 aromatic rings. The molecule has 5 N–H and O–H groups in total. The molecular weight excluding hydrogens is 284 g/mol. The van der Waals surface area contributed by atoms with E-state index in [1.165, 1.54) is 6.07 Å². The van der Waals surface area contributed by atoms with Gasteiger partial charge in [-0.15, -0.1) is 0 Å². The molecule has 0 unspecified atom stereocenters. The fourth-order valence-electron chi connectivity index (χ4n) is 1.78. The molecule has 0 radical (unpaired) electrons. The molecule has 2 rings (SSSR count). The number of benzene rings is 1. The molecular formula is C10H14ClFNO4P. The van der Waals surface area contributed by atoms with Crippen LogP contribution in [0, 0.1) is 5.82 Å². The van der Waals surface area contributed by atoms with E-state index in [1.54, 1.807) is 6.07 Å². The number of rotatable bonds is 0. The Bertz CT molecular complexity index is 471. The highest BCUT2D eigenvalue weighted by molar-refractivity contribution is 7.45. The van der Waals surface area contributed by atoms with Crippen molar-refractivity contribution in [2.24, 2.45) is 5.73 Å². The Morgan fingerprint density at radius 3 is 2.44 bits per heavy atom. The lowest BCUT2D eigenvalue weighted by atomic mass is 9.89. The third-order valence-electron chi connectivity index (χ3n) is 2.51. The van der Waals surface area contributed by atoms with E-state index in [2.05, 4.69) is 0 Å². The van der Waals surface area contributed by atoms with Gasteiger partial charge < -0.3 is 20.4 Å². The smallest absolute Gasteiger partial charge is 0.327 e. The van der Waals surface area contributed by atoms with Crippen molar-refractivity contribution in [2.45, 2.75) is 25.3 Å². The van der Waals surface area contributed by atoms with Gasteiger partial charge in [0.2, 0.25) is 0 Å². The van der Waals surface area contributed by atoms with Crippen LogP contribution in [0.15, 0.2) is 12.1 Å². The molecule has 0 bridgehead atoms. The standard InChI is InChI=1S/C10H11ClFN.H3O4P/c11-9-4-7-3-8(13)2-1-6(7)5-10(9)12;1-5(2,3)4/h4-5,8H,1-3,13H2;(H3,1,2,3,4)/t8-;/m0./s1. The Labute approximate surface area is 109 Å². The van der Waals surface area contributed by atoms with Crippen molar-refractivity contribution in [1.82, 2.24) is 0 Å². The van der Waals surface area contributed by atoms with Crippen LogP contribution in [0.5, 0.6) is 0 Å². The Kier molecular flexibility index (Phi) is 5.28. The van der Waals surface area contributed by atoms with Gasteiger partial charge in [-0.2, -0.15) is 0 Å². The summed E-state index contributed by atoms with van der Waals surface area (Å²) in [5, 5.41) is 0.202. The summed E-state index contributed by atoms with van der Waals surface area (Å²) >= 11 is 5.68. The Morgan fingerprint density at radius 2 is 1.89 bits per heavy atom. The fraction of sp³-hybridized carbons (Fsp3) is 0.400. The minimum atomic E-state index is -4.64. The summed E-state index contributed by atoms with van der Waals surface area (Å²) in [6.45, 7) is 0. The third kappa shape index (κ3) is 5.44. The molecule has 1 aliphatic carbocycles. The van der Waals surface area contributed by atoms with Gasteiger partial charge in [-0.1, -0.05) is 11.6 Å². The minimum absolute atomic E-state index is 0.202. The molecule has 1 aromatic carbocycles. The quantitative estimate of drug-likeness (QED) is 0.541. The molecule has 102 valence electrons. The van der Waals surface area contributed by atoms with Gasteiger partial charge in [0.25, 0.3) is 0 Å². The molecule has 0 saturated carbocycles. The highest BCUT2D eigenvalue weighted by Gasteiger charge is 2.17. The second-order valence-corrected chi connectivity index (χ2v) is 5.48. The summed E-state index contributed by atoms with van der Waals surface area (Å²) in [6, 6.07) is 3.43. The molecule has 0 heterocycles. The summed E-state index contributed by atoms with van der Waals surface area (Å²) in [7, 11) is -4.64. The van der Waals surface area contributed by atoms with Gasteiger partial charge in [-0.25, -0.2) is 8.96 Å². The Balaban J connectivity index is 0.000000280. The molecule has 18 heavy (non-hydrogen) atoms. The Hall–Kier alpha value is -0.490. The average molecular weight is 298 g/mol. The van der Waals surface area contributed by atoms with Gasteiger partial charge in [0.05, 0.1) is 5.02 Å². The van der Waals surface area contributed by atoms with Crippen molar-refractivity contribution in [3.05, 3.63) is 34.1 Å². The largest absolute Gasteiger partial charge is 0.466 e.